The standard InChI is InChI=1S/C18H15BrO/c19-17-9-7-15(8-10-17)18(20)12-13-5-6-14-3-1-2-4-16(14)11-13/h1-11,18,20H,12H2. The zero-order chi connectivity index (χ0) is 13.9. The fourth-order valence-electron chi connectivity index (χ4n) is 2.39. The second-order valence-electron chi connectivity index (χ2n) is 4.95. The van der Waals surface area contributed by atoms with E-state index in [0.717, 1.165) is 15.6 Å². The van der Waals surface area contributed by atoms with Crippen molar-refractivity contribution in [2.45, 2.75) is 12.5 Å². The van der Waals surface area contributed by atoms with E-state index in [1.165, 1.54) is 10.8 Å². The van der Waals surface area contributed by atoms with Crippen LogP contribution in [-0.2, 0) is 6.42 Å². The highest BCUT2D eigenvalue weighted by atomic mass is 79.9. The molecular weight excluding hydrogens is 312 g/mol. The van der Waals surface area contributed by atoms with Gasteiger partial charge in [0.1, 0.15) is 0 Å². The Kier molecular flexibility index (Phi) is 3.86. The van der Waals surface area contributed by atoms with Crippen LogP contribution < -0.4 is 0 Å². The Balaban J connectivity index is 1.83. The monoisotopic (exact) mass is 326 g/mol. The van der Waals surface area contributed by atoms with Crippen molar-refractivity contribution in [2.24, 2.45) is 0 Å². The van der Waals surface area contributed by atoms with Crippen molar-refractivity contribution in [3.05, 3.63) is 82.3 Å². The average molecular weight is 327 g/mol. The Bertz CT molecular complexity index is 719. The molecule has 0 spiro atoms. The molecule has 0 aliphatic carbocycles. The molecule has 3 aromatic carbocycles. The highest BCUT2D eigenvalue weighted by Gasteiger charge is 2.08. The van der Waals surface area contributed by atoms with Crippen LogP contribution in [0.4, 0.5) is 0 Å². The summed E-state index contributed by atoms with van der Waals surface area (Å²) < 4.78 is 1.03. The van der Waals surface area contributed by atoms with Gasteiger partial charge in [-0.1, -0.05) is 70.5 Å². The van der Waals surface area contributed by atoms with Crippen molar-refractivity contribution in [3.8, 4) is 0 Å². The van der Waals surface area contributed by atoms with E-state index >= 15 is 0 Å². The summed E-state index contributed by atoms with van der Waals surface area (Å²) in [6.07, 6.45) is 0.163. The molecule has 0 aliphatic rings. The first kappa shape index (κ1) is 13.3. The normalized spacial score (nSPS) is 12.5. The van der Waals surface area contributed by atoms with Gasteiger partial charge in [0.2, 0.25) is 0 Å². The fraction of sp³-hybridized carbons (Fsp3) is 0.111. The van der Waals surface area contributed by atoms with E-state index in [9.17, 15) is 5.11 Å². The summed E-state index contributed by atoms with van der Waals surface area (Å²) >= 11 is 3.41. The third-order valence-corrected chi connectivity index (χ3v) is 4.03. The van der Waals surface area contributed by atoms with Crippen LogP contribution in [0.1, 0.15) is 17.2 Å². The molecule has 0 saturated heterocycles. The van der Waals surface area contributed by atoms with Crippen LogP contribution in [0.5, 0.6) is 0 Å². The second kappa shape index (κ2) is 5.78. The first-order chi connectivity index (χ1) is 9.72. The minimum Gasteiger partial charge on any atom is -0.388 e. The van der Waals surface area contributed by atoms with Crippen molar-refractivity contribution in [3.63, 3.8) is 0 Å². The van der Waals surface area contributed by atoms with E-state index < -0.39 is 6.10 Å². The van der Waals surface area contributed by atoms with E-state index in [-0.39, 0.29) is 0 Å². The zero-order valence-corrected chi connectivity index (χ0v) is 12.5. The van der Waals surface area contributed by atoms with Crippen molar-refractivity contribution in [1.82, 2.24) is 0 Å². The van der Waals surface area contributed by atoms with Gasteiger partial charge in [-0.15, -0.1) is 0 Å². The van der Waals surface area contributed by atoms with Crippen LogP contribution >= 0.6 is 15.9 Å². The second-order valence-corrected chi connectivity index (χ2v) is 5.87. The lowest BCUT2D eigenvalue weighted by molar-refractivity contribution is 0.178. The van der Waals surface area contributed by atoms with Crippen molar-refractivity contribution < 1.29 is 5.11 Å². The summed E-state index contributed by atoms with van der Waals surface area (Å²) in [4.78, 5) is 0. The molecule has 1 unspecified atom stereocenters. The van der Waals surface area contributed by atoms with Gasteiger partial charge in [-0.3, -0.25) is 0 Å². The number of hydrogen-bond acceptors (Lipinski definition) is 1. The summed E-state index contributed by atoms with van der Waals surface area (Å²) in [6.45, 7) is 0. The van der Waals surface area contributed by atoms with Crippen LogP contribution in [0.15, 0.2) is 71.2 Å². The summed E-state index contributed by atoms with van der Waals surface area (Å²) in [5.74, 6) is 0. The molecule has 1 nitrogen and oxygen atoms in total. The van der Waals surface area contributed by atoms with Crippen LogP contribution in [0, 0.1) is 0 Å². The molecule has 1 atom stereocenters. The molecule has 0 aromatic heterocycles. The molecule has 0 saturated carbocycles. The minimum absolute atomic E-state index is 0.468. The summed E-state index contributed by atoms with van der Waals surface area (Å²) in [6, 6.07) is 22.5. The summed E-state index contributed by atoms with van der Waals surface area (Å²) in [5, 5.41) is 12.8. The van der Waals surface area contributed by atoms with Gasteiger partial charge in [0, 0.05) is 10.9 Å². The van der Waals surface area contributed by atoms with Gasteiger partial charge < -0.3 is 5.11 Å². The maximum absolute atomic E-state index is 10.3. The molecule has 1 N–H and O–H groups in total. The molecule has 100 valence electrons. The van der Waals surface area contributed by atoms with Crippen LogP contribution in [-0.4, -0.2) is 5.11 Å². The lowest BCUT2D eigenvalue weighted by atomic mass is 9.99. The molecular formula is C18H15BrO. The smallest absolute Gasteiger partial charge is 0.0830 e. The maximum Gasteiger partial charge on any atom is 0.0830 e. The molecule has 3 rings (SSSR count). The number of halogens is 1. The highest BCUT2D eigenvalue weighted by Crippen LogP contribution is 2.23. The number of fused-ring (bicyclic) bond motifs is 1. The van der Waals surface area contributed by atoms with Gasteiger partial charge in [-0.05, 0) is 34.0 Å². The van der Waals surface area contributed by atoms with E-state index in [4.69, 9.17) is 0 Å². The number of benzene rings is 3. The molecule has 0 amide bonds. The summed E-state index contributed by atoms with van der Waals surface area (Å²) in [7, 11) is 0. The average Bonchev–Trinajstić information content (AvgIpc) is 2.48. The van der Waals surface area contributed by atoms with E-state index in [1.54, 1.807) is 0 Å². The minimum atomic E-state index is -0.468. The molecule has 0 aliphatic heterocycles. The Hall–Kier alpha value is -1.64. The largest absolute Gasteiger partial charge is 0.388 e. The third-order valence-electron chi connectivity index (χ3n) is 3.50. The molecule has 3 aromatic rings. The van der Waals surface area contributed by atoms with Crippen molar-refractivity contribution in [1.29, 1.82) is 0 Å². The van der Waals surface area contributed by atoms with Crippen molar-refractivity contribution >= 4 is 26.7 Å². The number of aliphatic hydroxyl groups excluding tert-OH is 1. The number of hydrogen-bond donors (Lipinski definition) is 1. The molecule has 0 heterocycles. The lowest BCUT2D eigenvalue weighted by Crippen LogP contribution is -2.01. The quantitative estimate of drug-likeness (QED) is 0.727. The van der Waals surface area contributed by atoms with Crippen LogP contribution in [0.3, 0.4) is 0 Å². The Morgan fingerprint density at radius 2 is 1.55 bits per heavy atom. The van der Waals surface area contributed by atoms with Gasteiger partial charge >= 0.3 is 0 Å². The lowest BCUT2D eigenvalue weighted by Gasteiger charge is -2.12. The van der Waals surface area contributed by atoms with Gasteiger partial charge in [-0.2, -0.15) is 0 Å². The topological polar surface area (TPSA) is 20.2 Å². The Morgan fingerprint density at radius 3 is 2.30 bits per heavy atom. The van der Waals surface area contributed by atoms with Crippen LogP contribution in [0.25, 0.3) is 10.8 Å². The highest BCUT2D eigenvalue weighted by molar-refractivity contribution is 9.10. The first-order valence-corrected chi connectivity index (χ1v) is 7.43. The maximum atomic E-state index is 10.3. The predicted octanol–water partition coefficient (Wildman–Crippen LogP) is 4.88. The van der Waals surface area contributed by atoms with Gasteiger partial charge in [-0.25, -0.2) is 0 Å². The Morgan fingerprint density at radius 1 is 0.850 bits per heavy atom. The zero-order valence-electron chi connectivity index (χ0n) is 11.0. The molecule has 20 heavy (non-hydrogen) atoms. The van der Waals surface area contributed by atoms with Crippen LogP contribution in [0.2, 0.25) is 0 Å². The van der Waals surface area contributed by atoms with E-state index in [2.05, 4.69) is 46.3 Å². The number of aliphatic hydroxyl groups is 1. The van der Waals surface area contributed by atoms with E-state index in [1.807, 2.05) is 36.4 Å². The molecule has 0 fully saturated rings. The number of rotatable bonds is 3. The van der Waals surface area contributed by atoms with Gasteiger partial charge in [0.05, 0.1) is 6.10 Å². The SMILES string of the molecule is OC(Cc1ccc2ccccc2c1)c1ccc(Br)cc1. The predicted molar refractivity (Wildman–Crippen MR) is 86.8 cm³/mol. The van der Waals surface area contributed by atoms with Crippen molar-refractivity contribution in [2.75, 3.05) is 0 Å². The fourth-order valence-corrected chi connectivity index (χ4v) is 2.66. The third kappa shape index (κ3) is 2.92. The van der Waals surface area contributed by atoms with E-state index in [0.29, 0.717) is 6.42 Å². The molecule has 2 heteroatoms. The summed E-state index contributed by atoms with van der Waals surface area (Å²) in [5.41, 5.74) is 2.10. The first-order valence-electron chi connectivity index (χ1n) is 6.63. The Labute approximate surface area is 127 Å². The van der Waals surface area contributed by atoms with Gasteiger partial charge in [0.25, 0.3) is 0 Å². The molecule has 0 bridgehead atoms. The molecule has 0 radical (unpaired) electrons. The van der Waals surface area contributed by atoms with Gasteiger partial charge in [0.15, 0.2) is 0 Å².